The summed E-state index contributed by atoms with van der Waals surface area (Å²) in [5, 5.41) is 2.82. The Morgan fingerprint density at radius 1 is 1.40 bits per heavy atom. The standard InChI is InChI=1S/C13H16F3N3O/c14-13(15,16)8-4-1-5-18-12(8)19-10-9(17)7-3-2-6-20-11(7)10/h1,4-5,7,9-11H,2-3,6,17H2,(H,18,19). The van der Waals surface area contributed by atoms with E-state index >= 15 is 0 Å². The minimum absolute atomic E-state index is 0.109. The summed E-state index contributed by atoms with van der Waals surface area (Å²) in [6.07, 6.45) is -1.28. The van der Waals surface area contributed by atoms with Crippen molar-refractivity contribution in [1.82, 2.24) is 4.98 Å². The lowest BCUT2D eigenvalue weighted by Gasteiger charge is -2.52. The molecule has 0 aromatic carbocycles. The van der Waals surface area contributed by atoms with Crippen molar-refractivity contribution in [3.05, 3.63) is 23.9 Å². The van der Waals surface area contributed by atoms with Gasteiger partial charge in [0.05, 0.1) is 17.7 Å². The van der Waals surface area contributed by atoms with Gasteiger partial charge in [-0.2, -0.15) is 13.2 Å². The van der Waals surface area contributed by atoms with E-state index in [1.165, 1.54) is 12.3 Å². The zero-order valence-corrected chi connectivity index (χ0v) is 10.7. The molecule has 1 aromatic rings. The Morgan fingerprint density at radius 3 is 2.95 bits per heavy atom. The number of pyridine rings is 1. The highest BCUT2D eigenvalue weighted by atomic mass is 19.4. The Kier molecular flexibility index (Phi) is 3.33. The molecule has 20 heavy (non-hydrogen) atoms. The number of ether oxygens (including phenoxy) is 1. The molecule has 7 heteroatoms. The van der Waals surface area contributed by atoms with Gasteiger partial charge < -0.3 is 15.8 Å². The SMILES string of the molecule is NC1C2CCCOC2C1Nc1ncccc1C(F)(F)F. The molecule has 0 radical (unpaired) electrons. The first-order chi connectivity index (χ1) is 9.48. The first kappa shape index (κ1) is 13.6. The summed E-state index contributed by atoms with van der Waals surface area (Å²) in [7, 11) is 0. The number of fused-ring (bicyclic) bond motifs is 1. The third kappa shape index (κ3) is 2.25. The predicted octanol–water partition coefficient (Wildman–Crippen LogP) is 2.02. The summed E-state index contributed by atoms with van der Waals surface area (Å²) in [6.45, 7) is 0.639. The van der Waals surface area contributed by atoms with Crippen LogP contribution in [-0.4, -0.2) is 29.8 Å². The maximum atomic E-state index is 12.9. The number of nitrogens with two attached hydrogens (primary N) is 1. The van der Waals surface area contributed by atoms with Crippen LogP contribution in [0, 0.1) is 5.92 Å². The Morgan fingerprint density at radius 2 is 2.20 bits per heavy atom. The van der Waals surface area contributed by atoms with Gasteiger partial charge in [0.2, 0.25) is 0 Å². The molecule has 2 fully saturated rings. The van der Waals surface area contributed by atoms with Crippen molar-refractivity contribution in [2.24, 2.45) is 11.7 Å². The fraction of sp³-hybridized carbons (Fsp3) is 0.615. The van der Waals surface area contributed by atoms with Crippen LogP contribution in [0.2, 0.25) is 0 Å². The molecule has 1 saturated heterocycles. The second kappa shape index (κ2) is 4.89. The number of nitrogens with zero attached hydrogens (tertiary/aromatic N) is 1. The molecular formula is C13H16F3N3O. The summed E-state index contributed by atoms with van der Waals surface area (Å²) in [5.74, 6) is 0.0624. The molecule has 110 valence electrons. The van der Waals surface area contributed by atoms with Crippen molar-refractivity contribution >= 4 is 5.82 Å². The van der Waals surface area contributed by atoms with Crippen molar-refractivity contribution in [1.29, 1.82) is 0 Å². The number of rotatable bonds is 2. The second-order valence-electron chi connectivity index (χ2n) is 5.29. The van der Waals surface area contributed by atoms with Gasteiger partial charge in [-0.25, -0.2) is 4.98 Å². The fourth-order valence-electron chi connectivity index (χ4n) is 3.03. The lowest BCUT2D eigenvalue weighted by molar-refractivity contribution is -0.137. The number of hydrogen-bond acceptors (Lipinski definition) is 4. The van der Waals surface area contributed by atoms with Gasteiger partial charge in [-0.1, -0.05) is 0 Å². The average Bonchev–Trinajstić information content (AvgIpc) is 2.44. The van der Waals surface area contributed by atoms with E-state index < -0.39 is 11.7 Å². The summed E-state index contributed by atoms with van der Waals surface area (Å²) >= 11 is 0. The third-order valence-corrected chi connectivity index (χ3v) is 4.09. The topological polar surface area (TPSA) is 60.2 Å². The highest BCUT2D eigenvalue weighted by Crippen LogP contribution is 2.40. The number of alkyl halides is 3. The van der Waals surface area contributed by atoms with Crippen LogP contribution < -0.4 is 11.1 Å². The van der Waals surface area contributed by atoms with Crippen LogP contribution in [-0.2, 0) is 10.9 Å². The van der Waals surface area contributed by atoms with Crippen LogP contribution in [0.1, 0.15) is 18.4 Å². The first-order valence-electron chi connectivity index (χ1n) is 6.64. The summed E-state index contributed by atoms with van der Waals surface area (Å²) in [6, 6.07) is 1.78. The highest BCUT2D eigenvalue weighted by molar-refractivity contribution is 5.48. The minimum atomic E-state index is -4.43. The van der Waals surface area contributed by atoms with E-state index in [-0.39, 0.29) is 29.9 Å². The minimum Gasteiger partial charge on any atom is -0.376 e. The largest absolute Gasteiger partial charge is 0.419 e. The number of nitrogens with one attached hydrogen (secondary N) is 1. The van der Waals surface area contributed by atoms with Gasteiger partial charge in [0.15, 0.2) is 0 Å². The molecule has 1 saturated carbocycles. The molecule has 4 atom stereocenters. The highest BCUT2D eigenvalue weighted by Gasteiger charge is 2.51. The zero-order chi connectivity index (χ0) is 14.3. The van der Waals surface area contributed by atoms with E-state index in [0.29, 0.717) is 6.61 Å². The Hall–Kier alpha value is -1.34. The summed E-state index contributed by atoms with van der Waals surface area (Å²) < 4.78 is 44.3. The van der Waals surface area contributed by atoms with Gasteiger partial charge in [-0.15, -0.1) is 0 Å². The van der Waals surface area contributed by atoms with Crippen molar-refractivity contribution in [3.8, 4) is 0 Å². The normalized spacial score (nSPS) is 33.2. The number of hydrogen-bond donors (Lipinski definition) is 2. The Bertz CT molecular complexity index is 494. The molecule has 1 aliphatic heterocycles. The molecule has 2 aliphatic rings. The van der Waals surface area contributed by atoms with Crippen LogP contribution in [0.25, 0.3) is 0 Å². The third-order valence-electron chi connectivity index (χ3n) is 4.09. The molecule has 4 unspecified atom stereocenters. The number of halogens is 3. The second-order valence-corrected chi connectivity index (χ2v) is 5.29. The van der Waals surface area contributed by atoms with Crippen molar-refractivity contribution in [2.75, 3.05) is 11.9 Å². The van der Waals surface area contributed by atoms with E-state index in [2.05, 4.69) is 10.3 Å². The Labute approximate surface area is 114 Å². The monoisotopic (exact) mass is 287 g/mol. The number of aromatic nitrogens is 1. The molecule has 1 aromatic heterocycles. The lowest BCUT2D eigenvalue weighted by Crippen LogP contribution is -2.69. The zero-order valence-electron chi connectivity index (χ0n) is 10.7. The quantitative estimate of drug-likeness (QED) is 0.873. The molecular weight excluding hydrogens is 271 g/mol. The van der Waals surface area contributed by atoms with E-state index in [0.717, 1.165) is 18.9 Å². The molecule has 0 spiro atoms. The maximum absolute atomic E-state index is 12.9. The molecule has 0 bridgehead atoms. The Balaban J connectivity index is 1.79. The van der Waals surface area contributed by atoms with E-state index in [1.54, 1.807) is 0 Å². The fourth-order valence-corrected chi connectivity index (χ4v) is 3.03. The van der Waals surface area contributed by atoms with E-state index in [9.17, 15) is 13.2 Å². The molecule has 3 N–H and O–H groups in total. The average molecular weight is 287 g/mol. The van der Waals surface area contributed by atoms with E-state index in [1.807, 2.05) is 0 Å². The molecule has 0 amide bonds. The van der Waals surface area contributed by atoms with Gasteiger partial charge in [0, 0.05) is 24.8 Å². The summed E-state index contributed by atoms with van der Waals surface area (Å²) in [5.41, 5.74) is 5.26. The predicted molar refractivity (Wildman–Crippen MR) is 67.1 cm³/mol. The van der Waals surface area contributed by atoms with E-state index in [4.69, 9.17) is 10.5 Å². The van der Waals surface area contributed by atoms with Gasteiger partial charge in [-0.3, -0.25) is 0 Å². The van der Waals surface area contributed by atoms with Gasteiger partial charge in [0.1, 0.15) is 5.82 Å². The van der Waals surface area contributed by atoms with Crippen molar-refractivity contribution < 1.29 is 17.9 Å². The molecule has 2 heterocycles. The lowest BCUT2D eigenvalue weighted by atomic mass is 9.68. The van der Waals surface area contributed by atoms with Gasteiger partial charge in [-0.05, 0) is 25.0 Å². The van der Waals surface area contributed by atoms with Crippen LogP contribution in [0.5, 0.6) is 0 Å². The van der Waals surface area contributed by atoms with Crippen LogP contribution in [0.3, 0.4) is 0 Å². The van der Waals surface area contributed by atoms with Gasteiger partial charge >= 0.3 is 6.18 Å². The molecule has 1 aliphatic carbocycles. The van der Waals surface area contributed by atoms with Gasteiger partial charge in [0.25, 0.3) is 0 Å². The van der Waals surface area contributed by atoms with Crippen LogP contribution in [0.15, 0.2) is 18.3 Å². The van der Waals surface area contributed by atoms with Crippen LogP contribution >= 0.6 is 0 Å². The molecule has 4 nitrogen and oxygen atoms in total. The smallest absolute Gasteiger partial charge is 0.376 e. The summed E-state index contributed by atoms with van der Waals surface area (Å²) in [4.78, 5) is 3.80. The molecule has 3 rings (SSSR count). The maximum Gasteiger partial charge on any atom is 0.419 e. The van der Waals surface area contributed by atoms with Crippen molar-refractivity contribution in [2.45, 2.75) is 37.2 Å². The van der Waals surface area contributed by atoms with Crippen molar-refractivity contribution in [3.63, 3.8) is 0 Å². The van der Waals surface area contributed by atoms with Crippen LogP contribution in [0.4, 0.5) is 19.0 Å². The number of anilines is 1. The first-order valence-corrected chi connectivity index (χ1v) is 6.64.